The highest BCUT2D eigenvalue weighted by Crippen LogP contribution is 2.31. The fourth-order valence-electron chi connectivity index (χ4n) is 5.19. The number of aromatic nitrogens is 1. The fourth-order valence-corrected chi connectivity index (χ4v) is 5.82. The van der Waals surface area contributed by atoms with E-state index in [1.807, 2.05) is 13.0 Å². The van der Waals surface area contributed by atoms with Gasteiger partial charge in [0, 0.05) is 42.4 Å². The van der Waals surface area contributed by atoms with E-state index in [-0.39, 0.29) is 5.75 Å². The topological polar surface area (TPSA) is 80.6 Å². The van der Waals surface area contributed by atoms with Crippen molar-refractivity contribution in [1.29, 1.82) is 0 Å². The molecule has 0 bridgehead atoms. The van der Waals surface area contributed by atoms with Gasteiger partial charge in [-0.2, -0.15) is 8.78 Å². The van der Waals surface area contributed by atoms with E-state index in [1.54, 1.807) is 35.8 Å². The molecule has 42 heavy (non-hydrogen) atoms. The molecule has 3 aromatic rings. The molecule has 0 unspecified atom stereocenters. The average molecular weight is 609 g/mol. The zero-order valence-electron chi connectivity index (χ0n) is 24.7. The number of hydrogen-bond acceptors (Lipinski definition) is 5. The molecule has 1 atom stereocenters. The second-order valence-corrected chi connectivity index (χ2v) is 12.9. The zero-order chi connectivity index (χ0) is 30.7. The first-order valence-electron chi connectivity index (χ1n) is 14.6. The highest BCUT2D eigenvalue weighted by Gasteiger charge is 2.20. The number of benzene rings is 2. The molecule has 2 N–H and O–H groups in total. The molecule has 10 heteroatoms. The normalized spacial score (nSPS) is 12.6. The predicted molar refractivity (Wildman–Crippen MR) is 161 cm³/mol. The third-order valence-electron chi connectivity index (χ3n) is 7.30. The summed E-state index contributed by atoms with van der Waals surface area (Å²) in [6, 6.07) is 12.5. The Morgan fingerprint density at radius 3 is 2.14 bits per heavy atom. The lowest BCUT2D eigenvalue weighted by atomic mass is 10.0. The molecule has 0 saturated heterocycles. The molecule has 232 valence electrons. The largest absolute Gasteiger partial charge is 0.432 e. The van der Waals surface area contributed by atoms with E-state index in [2.05, 4.69) is 10.1 Å². The number of halogens is 3. The number of aliphatic hydroxyl groups is 1. The molecule has 0 fully saturated rings. The molecule has 0 aliphatic carbocycles. The standard InChI is InChI=1S/C32H43F3N2O4S/c1-23(38)20-28-21-25(24(2)37(28)30-18-13-26(33)22-31(30)41-32(34)35)12-10-8-6-4-5-7-9-11-19-36-27-14-16-29(17-15-27)42(3,39)40/h13-18,21-23,32,36,38H,4-12,19-20H2,1-3H3/t23-/m0/s1. The molecular formula is C32H43F3N2O4S. The van der Waals surface area contributed by atoms with E-state index in [9.17, 15) is 26.7 Å². The van der Waals surface area contributed by atoms with Crippen LogP contribution >= 0.6 is 0 Å². The number of nitrogens with zero attached hydrogens (tertiary/aromatic N) is 1. The summed E-state index contributed by atoms with van der Waals surface area (Å²) in [6.07, 6.45) is 10.6. The van der Waals surface area contributed by atoms with E-state index in [0.29, 0.717) is 17.0 Å². The lowest BCUT2D eigenvalue weighted by Gasteiger charge is -2.17. The molecule has 2 aromatic carbocycles. The van der Waals surface area contributed by atoms with Crippen LogP contribution in [0.3, 0.4) is 0 Å². The van der Waals surface area contributed by atoms with Gasteiger partial charge in [-0.3, -0.25) is 0 Å². The molecule has 1 heterocycles. The Morgan fingerprint density at radius 1 is 0.929 bits per heavy atom. The van der Waals surface area contributed by atoms with Crippen LogP contribution in [-0.2, 0) is 22.7 Å². The number of aryl methyl sites for hydroxylation is 1. The van der Waals surface area contributed by atoms with Gasteiger partial charge >= 0.3 is 6.61 Å². The third-order valence-corrected chi connectivity index (χ3v) is 8.42. The second kappa shape index (κ2) is 16.0. The van der Waals surface area contributed by atoms with Crippen LogP contribution in [-0.4, -0.2) is 43.6 Å². The minimum Gasteiger partial charge on any atom is -0.432 e. The average Bonchev–Trinajstić information content (AvgIpc) is 3.20. The van der Waals surface area contributed by atoms with Crippen molar-refractivity contribution in [3.63, 3.8) is 0 Å². The molecule has 1 aromatic heterocycles. The van der Waals surface area contributed by atoms with Crippen molar-refractivity contribution in [3.8, 4) is 11.4 Å². The summed E-state index contributed by atoms with van der Waals surface area (Å²) < 4.78 is 69.4. The van der Waals surface area contributed by atoms with Gasteiger partial charge in [-0.05, 0) is 81.1 Å². The minimum atomic E-state index is -3.17. The fraction of sp³-hybridized carbons (Fsp3) is 0.500. The van der Waals surface area contributed by atoms with Gasteiger partial charge in [-0.25, -0.2) is 12.8 Å². The van der Waals surface area contributed by atoms with Gasteiger partial charge in [0.1, 0.15) is 5.82 Å². The van der Waals surface area contributed by atoms with Gasteiger partial charge in [0.2, 0.25) is 0 Å². The molecular weight excluding hydrogens is 565 g/mol. The Kier molecular flexibility index (Phi) is 12.8. The Bertz CT molecular complexity index is 1370. The summed E-state index contributed by atoms with van der Waals surface area (Å²) in [6.45, 7) is 1.36. The third kappa shape index (κ3) is 10.4. The summed E-state index contributed by atoms with van der Waals surface area (Å²) in [4.78, 5) is 0.323. The van der Waals surface area contributed by atoms with Gasteiger partial charge in [0.05, 0.1) is 16.7 Å². The summed E-state index contributed by atoms with van der Waals surface area (Å²) >= 11 is 0. The number of hydrogen-bond donors (Lipinski definition) is 2. The van der Waals surface area contributed by atoms with Gasteiger partial charge < -0.3 is 19.7 Å². The highest BCUT2D eigenvalue weighted by atomic mass is 32.2. The lowest BCUT2D eigenvalue weighted by Crippen LogP contribution is -2.12. The van der Waals surface area contributed by atoms with Crippen LogP contribution in [0.2, 0.25) is 0 Å². The van der Waals surface area contributed by atoms with Crippen LogP contribution in [0, 0.1) is 12.7 Å². The smallest absolute Gasteiger partial charge is 0.387 e. The maximum atomic E-state index is 13.8. The van der Waals surface area contributed by atoms with Crippen LogP contribution in [0.5, 0.6) is 5.75 Å². The van der Waals surface area contributed by atoms with E-state index < -0.39 is 28.4 Å². The Hall–Kier alpha value is -2.98. The molecule has 0 aliphatic heterocycles. The molecule has 0 saturated carbocycles. The number of nitrogens with one attached hydrogen (secondary N) is 1. The minimum absolute atomic E-state index is 0.235. The number of rotatable bonds is 18. The van der Waals surface area contributed by atoms with Gasteiger partial charge in [0.25, 0.3) is 0 Å². The molecule has 0 spiro atoms. The monoisotopic (exact) mass is 608 g/mol. The van der Waals surface area contributed by atoms with E-state index >= 15 is 0 Å². The highest BCUT2D eigenvalue weighted by molar-refractivity contribution is 7.90. The molecule has 0 amide bonds. The first-order valence-corrected chi connectivity index (χ1v) is 16.5. The Morgan fingerprint density at radius 2 is 1.55 bits per heavy atom. The van der Waals surface area contributed by atoms with E-state index in [4.69, 9.17) is 0 Å². The summed E-state index contributed by atoms with van der Waals surface area (Å²) in [5.41, 5.74) is 3.97. The quantitative estimate of drug-likeness (QED) is 0.145. The van der Waals surface area contributed by atoms with E-state index in [1.165, 1.54) is 31.2 Å². The van der Waals surface area contributed by atoms with Gasteiger partial charge in [-0.15, -0.1) is 0 Å². The van der Waals surface area contributed by atoms with Crippen molar-refractivity contribution in [2.75, 3.05) is 18.1 Å². The SMILES string of the molecule is Cc1c(CCCCCCCCCCNc2ccc(S(C)(=O)=O)cc2)cc(C[C@H](C)O)n1-c1ccc(F)cc1OC(F)F. The second-order valence-electron chi connectivity index (χ2n) is 10.9. The van der Waals surface area contributed by atoms with Crippen LogP contribution in [0.1, 0.15) is 75.2 Å². The lowest BCUT2D eigenvalue weighted by molar-refractivity contribution is -0.0500. The van der Waals surface area contributed by atoms with Crippen molar-refractivity contribution in [3.05, 3.63) is 71.3 Å². The number of anilines is 1. The Labute approximate surface area is 247 Å². The van der Waals surface area contributed by atoms with Crippen LogP contribution in [0.15, 0.2) is 53.4 Å². The van der Waals surface area contributed by atoms with Gasteiger partial charge in [0.15, 0.2) is 15.6 Å². The maximum Gasteiger partial charge on any atom is 0.387 e. The predicted octanol–water partition coefficient (Wildman–Crippen LogP) is 7.63. The first-order chi connectivity index (χ1) is 20.0. The van der Waals surface area contributed by atoms with Gasteiger partial charge in [-0.1, -0.05) is 38.5 Å². The summed E-state index contributed by atoms with van der Waals surface area (Å²) in [5, 5.41) is 13.4. The molecule has 0 aliphatic rings. The zero-order valence-corrected chi connectivity index (χ0v) is 25.5. The van der Waals surface area contributed by atoms with Crippen LogP contribution < -0.4 is 10.1 Å². The summed E-state index contributed by atoms with van der Waals surface area (Å²) in [5.74, 6) is -0.895. The number of aliphatic hydroxyl groups excluding tert-OH is 1. The number of unbranched alkanes of at least 4 members (excludes halogenated alkanes) is 7. The molecule has 6 nitrogen and oxygen atoms in total. The maximum absolute atomic E-state index is 13.8. The molecule has 0 radical (unpaired) electrons. The van der Waals surface area contributed by atoms with Crippen molar-refractivity contribution in [2.24, 2.45) is 0 Å². The number of alkyl halides is 2. The van der Waals surface area contributed by atoms with Crippen LogP contribution in [0.25, 0.3) is 5.69 Å². The van der Waals surface area contributed by atoms with E-state index in [0.717, 1.165) is 80.2 Å². The summed E-state index contributed by atoms with van der Waals surface area (Å²) in [7, 11) is -3.17. The molecule has 3 rings (SSSR count). The Balaban J connectivity index is 1.41. The van der Waals surface area contributed by atoms with Crippen LogP contribution in [0.4, 0.5) is 18.9 Å². The number of ether oxygens (including phenoxy) is 1. The van der Waals surface area contributed by atoms with Crippen molar-refractivity contribution < 1.29 is 31.4 Å². The number of sulfone groups is 1. The first kappa shape index (κ1) is 33.5. The van der Waals surface area contributed by atoms with Crippen molar-refractivity contribution >= 4 is 15.5 Å². The van der Waals surface area contributed by atoms with Crippen molar-refractivity contribution in [1.82, 2.24) is 4.57 Å². The van der Waals surface area contributed by atoms with Crippen molar-refractivity contribution in [2.45, 2.75) is 95.7 Å².